The van der Waals surface area contributed by atoms with Crippen molar-refractivity contribution in [1.29, 1.82) is 26.3 Å². The minimum atomic E-state index is -0.0363. The number of hydrogen-bond acceptors (Lipinski definition) is 11. The van der Waals surface area contributed by atoms with Crippen molar-refractivity contribution in [2.45, 2.75) is 0 Å². The maximum Gasteiger partial charge on any atom is 0.320 e. The van der Waals surface area contributed by atoms with Crippen LogP contribution in [0.15, 0.2) is 0 Å². The van der Waals surface area contributed by atoms with E-state index >= 15 is 0 Å². The number of urea groups is 1. The van der Waals surface area contributed by atoms with Crippen molar-refractivity contribution in [3.63, 3.8) is 0 Å². The Morgan fingerprint density at radius 2 is 0.944 bits per heavy atom. The molecule has 1 aliphatic rings. The van der Waals surface area contributed by atoms with E-state index < -0.39 is 0 Å². The van der Waals surface area contributed by atoms with Crippen LogP contribution in [0, 0.1) is 56.7 Å². The minimum Gasteiger partial charge on any atom is -0.329 e. The molecule has 0 bridgehead atoms. The first-order valence-electron chi connectivity index (χ1n) is 12.0. The van der Waals surface area contributed by atoms with Gasteiger partial charge in [0.15, 0.2) is 0 Å². The standard InChI is InChI=1S/C23H36N12O/c24-1-7-30(8-2-25)13-15-33(16-14-31(9-3-26)10-4-27)18-20-35-22-21-34(23(35)36)19-17-32(11-5-28)12-6-29/h5,7-22,28H2. The zero-order chi connectivity index (χ0) is 26.6. The Kier molecular flexibility index (Phi) is 16.0. The van der Waals surface area contributed by atoms with E-state index in [1.807, 2.05) is 4.90 Å². The molecule has 2 amide bonds. The summed E-state index contributed by atoms with van der Waals surface area (Å²) in [5, 5.41) is 45.0. The molecule has 0 aromatic rings. The predicted octanol–water partition coefficient (Wildman–Crippen LogP) is -1.49. The smallest absolute Gasteiger partial charge is 0.320 e. The molecule has 0 atom stereocenters. The molecule has 194 valence electrons. The van der Waals surface area contributed by atoms with Crippen LogP contribution in [0.1, 0.15) is 0 Å². The number of nitrogens with two attached hydrogens (primary N) is 1. The quantitative estimate of drug-likeness (QED) is 0.206. The molecule has 1 aliphatic heterocycles. The summed E-state index contributed by atoms with van der Waals surface area (Å²) < 4.78 is 0. The minimum absolute atomic E-state index is 0.0363. The van der Waals surface area contributed by atoms with Crippen LogP contribution in [0.3, 0.4) is 0 Å². The van der Waals surface area contributed by atoms with Gasteiger partial charge in [0.25, 0.3) is 0 Å². The third kappa shape index (κ3) is 11.8. The van der Waals surface area contributed by atoms with E-state index in [2.05, 4.69) is 35.2 Å². The van der Waals surface area contributed by atoms with E-state index in [4.69, 9.17) is 32.0 Å². The first-order valence-corrected chi connectivity index (χ1v) is 12.0. The van der Waals surface area contributed by atoms with E-state index in [1.165, 1.54) is 0 Å². The lowest BCUT2D eigenvalue weighted by molar-refractivity contribution is 0.166. The fourth-order valence-electron chi connectivity index (χ4n) is 3.85. The molecular weight excluding hydrogens is 460 g/mol. The summed E-state index contributed by atoms with van der Waals surface area (Å²) in [4.78, 5) is 24.0. The molecule has 0 unspecified atom stereocenters. The molecule has 1 saturated heterocycles. The van der Waals surface area contributed by atoms with Crippen LogP contribution < -0.4 is 5.73 Å². The second kappa shape index (κ2) is 18.8. The van der Waals surface area contributed by atoms with Crippen LogP contribution >= 0.6 is 0 Å². The molecule has 36 heavy (non-hydrogen) atoms. The van der Waals surface area contributed by atoms with Crippen LogP contribution in [-0.4, -0.2) is 147 Å². The van der Waals surface area contributed by atoms with Crippen LogP contribution in [-0.2, 0) is 0 Å². The number of carbonyl (C=O) groups excluding carboxylic acids is 1. The van der Waals surface area contributed by atoms with Crippen LogP contribution in [0.5, 0.6) is 0 Å². The summed E-state index contributed by atoms with van der Waals surface area (Å²) in [6.07, 6.45) is 0. The first kappa shape index (κ1) is 30.6. The second-order valence-electron chi connectivity index (χ2n) is 8.38. The van der Waals surface area contributed by atoms with Crippen LogP contribution in [0.25, 0.3) is 0 Å². The normalized spacial score (nSPS) is 13.2. The van der Waals surface area contributed by atoms with Crippen molar-refractivity contribution in [1.82, 2.24) is 29.4 Å². The highest BCUT2D eigenvalue weighted by Gasteiger charge is 2.28. The summed E-state index contributed by atoms with van der Waals surface area (Å²) in [5.41, 5.74) is 5.60. The predicted molar refractivity (Wildman–Crippen MR) is 131 cm³/mol. The average molecular weight is 497 g/mol. The van der Waals surface area contributed by atoms with Gasteiger partial charge in [0.1, 0.15) is 0 Å². The highest BCUT2D eigenvalue weighted by Crippen LogP contribution is 2.09. The first-order chi connectivity index (χ1) is 17.5. The molecule has 1 heterocycles. The summed E-state index contributed by atoms with van der Waals surface area (Å²) in [7, 11) is 0. The zero-order valence-corrected chi connectivity index (χ0v) is 20.9. The molecule has 0 aromatic carbocycles. The zero-order valence-electron chi connectivity index (χ0n) is 20.9. The SMILES string of the molecule is N#CCN(CC#N)CCN(CCN(CC#N)CC#N)CCN1CCN(CCN(CC#N)CCN)C1=O. The van der Waals surface area contributed by atoms with Crippen molar-refractivity contribution < 1.29 is 4.79 Å². The Bertz CT molecular complexity index is 789. The van der Waals surface area contributed by atoms with E-state index in [9.17, 15) is 4.79 Å². The molecule has 13 nitrogen and oxygen atoms in total. The molecule has 0 saturated carbocycles. The maximum absolute atomic E-state index is 12.9. The maximum atomic E-state index is 12.9. The summed E-state index contributed by atoms with van der Waals surface area (Å²) >= 11 is 0. The van der Waals surface area contributed by atoms with Gasteiger partial charge >= 0.3 is 6.03 Å². The highest BCUT2D eigenvalue weighted by atomic mass is 16.2. The van der Waals surface area contributed by atoms with Crippen molar-refractivity contribution in [3.05, 3.63) is 0 Å². The molecule has 0 aliphatic carbocycles. The van der Waals surface area contributed by atoms with Crippen LogP contribution in [0.4, 0.5) is 4.79 Å². The summed E-state index contributed by atoms with van der Waals surface area (Å²) in [6, 6.07) is 10.4. The van der Waals surface area contributed by atoms with Gasteiger partial charge in [-0.3, -0.25) is 19.6 Å². The highest BCUT2D eigenvalue weighted by molar-refractivity contribution is 5.76. The number of carbonyl (C=O) groups is 1. The Hall–Kier alpha value is -3.48. The molecule has 2 N–H and O–H groups in total. The number of nitriles is 5. The lowest BCUT2D eigenvalue weighted by atomic mass is 10.3. The fraction of sp³-hybridized carbons (Fsp3) is 0.739. The van der Waals surface area contributed by atoms with Gasteiger partial charge in [0.2, 0.25) is 0 Å². The lowest BCUT2D eigenvalue weighted by Gasteiger charge is -2.29. The molecule has 13 heteroatoms. The van der Waals surface area contributed by atoms with Gasteiger partial charge < -0.3 is 15.5 Å². The third-order valence-corrected chi connectivity index (χ3v) is 5.93. The second-order valence-corrected chi connectivity index (χ2v) is 8.38. The summed E-state index contributed by atoms with van der Waals surface area (Å²) in [5.74, 6) is 0. The Balaban J connectivity index is 2.68. The van der Waals surface area contributed by atoms with Gasteiger partial charge in [-0.15, -0.1) is 0 Å². The largest absolute Gasteiger partial charge is 0.329 e. The van der Waals surface area contributed by atoms with Crippen molar-refractivity contribution in [2.24, 2.45) is 5.73 Å². The molecule has 0 spiro atoms. The molecular formula is C23H36N12O. The number of rotatable bonds is 19. The van der Waals surface area contributed by atoms with E-state index in [1.54, 1.807) is 19.6 Å². The molecule has 1 fully saturated rings. The van der Waals surface area contributed by atoms with Gasteiger partial charge in [-0.05, 0) is 0 Å². The van der Waals surface area contributed by atoms with Gasteiger partial charge in [0, 0.05) is 78.5 Å². The monoisotopic (exact) mass is 496 g/mol. The Morgan fingerprint density at radius 3 is 1.33 bits per heavy atom. The number of nitrogens with zero attached hydrogens (tertiary/aromatic N) is 11. The topological polar surface area (TPSA) is 181 Å². The summed E-state index contributed by atoms with van der Waals surface area (Å²) in [6.45, 7) is 7.67. The van der Waals surface area contributed by atoms with Gasteiger partial charge in [-0.1, -0.05) is 0 Å². The van der Waals surface area contributed by atoms with Crippen molar-refractivity contribution in [3.8, 4) is 30.3 Å². The Morgan fingerprint density at radius 1 is 0.583 bits per heavy atom. The van der Waals surface area contributed by atoms with Crippen molar-refractivity contribution >= 4 is 6.03 Å². The average Bonchev–Trinajstić information content (AvgIpc) is 3.21. The molecule has 1 rings (SSSR count). The molecule has 0 radical (unpaired) electrons. The number of amides is 2. The van der Waals surface area contributed by atoms with Crippen molar-refractivity contribution in [2.75, 3.05) is 111 Å². The van der Waals surface area contributed by atoms with E-state index in [0.29, 0.717) is 78.5 Å². The third-order valence-electron chi connectivity index (χ3n) is 5.93. The van der Waals surface area contributed by atoms with Crippen LogP contribution in [0.2, 0.25) is 0 Å². The van der Waals surface area contributed by atoms with Gasteiger partial charge in [0.05, 0.1) is 63.1 Å². The Labute approximate surface area is 214 Å². The molecule has 0 aromatic heterocycles. The van der Waals surface area contributed by atoms with E-state index in [0.717, 1.165) is 0 Å². The number of hydrogen-bond donors (Lipinski definition) is 1. The van der Waals surface area contributed by atoms with Gasteiger partial charge in [-0.25, -0.2) is 4.79 Å². The fourth-order valence-corrected chi connectivity index (χ4v) is 3.85. The van der Waals surface area contributed by atoms with Gasteiger partial charge in [-0.2, -0.15) is 26.3 Å². The lowest BCUT2D eigenvalue weighted by Crippen LogP contribution is -2.44. The van der Waals surface area contributed by atoms with E-state index in [-0.39, 0.29) is 38.8 Å².